The molecule has 0 saturated heterocycles. The van der Waals surface area contributed by atoms with Crippen molar-refractivity contribution in [3.8, 4) is 0 Å². The van der Waals surface area contributed by atoms with Crippen LogP contribution in [0.4, 0.5) is 0 Å². The summed E-state index contributed by atoms with van der Waals surface area (Å²) in [6.45, 7) is 9.52. The first-order chi connectivity index (χ1) is 14.4. The van der Waals surface area contributed by atoms with Crippen LogP contribution < -0.4 is 0 Å². The van der Waals surface area contributed by atoms with Crippen LogP contribution in [-0.4, -0.2) is 33.0 Å². The van der Waals surface area contributed by atoms with E-state index >= 15 is 0 Å². The van der Waals surface area contributed by atoms with Gasteiger partial charge in [0.1, 0.15) is 6.61 Å². The molecule has 0 rings (SSSR count). The van der Waals surface area contributed by atoms with Crippen LogP contribution in [-0.2, 0) is 14.2 Å². The van der Waals surface area contributed by atoms with E-state index in [4.69, 9.17) is 14.2 Å². The molecule has 0 aromatic rings. The van der Waals surface area contributed by atoms with Crippen molar-refractivity contribution >= 4 is 0 Å². The fourth-order valence-electron chi connectivity index (χ4n) is 3.61. The summed E-state index contributed by atoms with van der Waals surface area (Å²) in [5.41, 5.74) is 0. The van der Waals surface area contributed by atoms with Gasteiger partial charge < -0.3 is 14.2 Å². The minimum atomic E-state index is 0.562. The van der Waals surface area contributed by atoms with E-state index in [0.29, 0.717) is 19.8 Å². The first-order valence-electron chi connectivity index (χ1n) is 13.0. The maximum absolute atomic E-state index is 5.48. The van der Waals surface area contributed by atoms with Gasteiger partial charge in [-0.05, 0) is 13.3 Å². The zero-order valence-corrected chi connectivity index (χ0v) is 20.1. The highest BCUT2D eigenvalue weighted by atomic mass is 16.5. The minimum Gasteiger partial charge on any atom is -0.379 e. The molecule has 0 bridgehead atoms. The first-order valence-corrected chi connectivity index (χ1v) is 13.0. The zero-order valence-electron chi connectivity index (χ0n) is 20.1. The highest BCUT2D eigenvalue weighted by Crippen LogP contribution is 2.14. The smallest absolute Gasteiger partial charge is 0.109 e. The predicted molar refractivity (Wildman–Crippen MR) is 126 cm³/mol. The Morgan fingerprint density at radius 3 is 1.31 bits per heavy atom. The molecule has 175 valence electrons. The lowest BCUT2D eigenvalue weighted by atomic mass is 10.0. The molecule has 3 nitrogen and oxygen atoms in total. The second-order valence-corrected chi connectivity index (χ2v) is 8.32. The lowest BCUT2D eigenvalue weighted by Gasteiger charge is -2.06. The highest BCUT2D eigenvalue weighted by molar-refractivity contribution is 4.51. The van der Waals surface area contributed by atoms with Gasteiger partial charge in [0.15, 0.2) is 0 Å². The summed E-state index contributed by atoms with van der Waals surface area (Å²) >= 11 is 0. The standard InChI is InChI=1S/C26H53O3/c1-3-5-6-7-8-9-10-11-12-13-14-15-16-17-18-19-20-21-22-28-25-26-29-24-23-27-4-2/h25H,3-24,26H2,1-2H3. The van der Waals surface area contributed by atoms with Crippen molar-refractivity contribution in [3.63, 3.8) is 0 Å². The largest absolute Gasteiger partial charge is 0.379 e. The van der Waals surface area contributed by atoms with Gasteiger partial charge in [0, 0.05) is 13.2 Å². The van der Waals surface area contributed by atoms with Crippen molar-refractivity contribution in [2.45, 2.75) is 129 Å². The molecular weight excluding hydrogens is 360 g/mol. The first kappa shape index (κ1) is 28.9. The molecule has 0 heterocycles. The minimum absolute atomic E-state index is 0.562. The van der Waals surface area contributed by atoms with Crippen molar-refractivity contribution in [1.29, 1.82) is 0 Å². The molecule has 0 saturated carbocycles. The van der Waals surface area contributed by atoms with Crippen LogP contribution in [0.1, 0.15) is 129 Å². The molecule has 0 N–H and O–H groups in total. The lowest BCUT2D eigenvalue weighted by Crippen LogP contribution is -2.06. The van der Waals surface area contributed by atoms with Gasteiger partial charge in [-0.2, -0.15) is 0 Å². The normalized spacial score (nSPS) is 11.4. The summed E-state index contributed by atoms with van der Waals surface area (Å²) in [7, 11) is 0. The average molecular weight is 414 g/mol. The average Bonchev–Trinajstić information content (AvgIpc) is 2.74. The van der Waals surface area contributed by atoms with Crippen LogP contribution in [0.2, 0.25) is 0 Å². The zero-order chi connectivity index (χ0) is 21.1. The summed E-state index contributed by atoms with van der Waals surface area (Å²) in [6, 6.07) is 0. The van der Waals surface area contributed by atoms with Gasteiger partial charge in [-0.25, -0.2) is 0 Å². The van der Waals surface area contributed by atoms with E-state index in [0.717, 1.165) is 19.6 Å². The van der Waals surface area contributed by atoms with Crippen molar-refractivity contribution in [1.82, 2.24) is 0 Å². The number of unbranched alkanes of at least 4 members (excludes halogenated alkanes) is 17. The molecule has 0 atom stereocenters. The molecule has 0 aromatic heterocycles. The van der Waals surface area contributed by atoms with Crippen LogP contribution in [0.25, 0.3) is 0 Å². The third-order valence-corrected chi connectivity index (χ3v) is 5.50. The Bertz CT molecular complexity index is 245. The molecule has 0 aliphatic heterocycles. The molecule has 0 aliphatic rings. The predicted octanol–water partition coefficient (Wildman–Crippen LogP) is 8.26. The van der Waals surface area contributed by atoms with Crippen LogP contribution >= 0.6 is 0 Å². The maximum Gasteiger partial charge on any atom is 0.109 e. The van der Waals surface area contributed by atoms with Crippen molar-refractivity contribution in [2.24, 2.45) is 0 Å². The lowest BCUT2D eigenvalue weighted by molar-refractivity contribution is 0.0398. The molecule has 0 aromatic carbocycles. The van der Waals surface area contributed by atoms with Gasteiger partial charge in [-0.3, -0.25) is 0 Å². The number of hydrogen-bond acceptors (Lipinski definition) is 3. The number of hydrogen-bond donors (Lipinski definition) is 0. The molecule has 0 fully saturated rings. The number of rotatable bonds is 26. The summed E-state index contributed by atoms with van der Waals surface area (Å²) in [5.74, 6) is 0. The summed E-state index contributed by atoms with van der Waals surface area (Å²) in [6.07, 6.45) is 25.4. The monoisotopic (exact) mass is 413 g/mol. The highest BCUT2D eigenvalue weighted by Gasteiger charge is 1.96. The Morgan fingerprint density at radius 2 is 0.862 bits per heavy atom. The number of ether oxygens (including phenoxy) is 3. The van der Waals surface area contributed by atoms with Crippen molar-refractivity contribution in [2.75, 3.05) is 33.0 Å². The maximum atomic E-state index is 5.48. The van der Waals surface area contributed by atoms with E-state index in [2.05, 4.69) is 6.92 Å². The van der Waals surface area contributed by atoms with Crippen LogP contribution in [0.3, 0.4) is 0 Å². The van der Waals surface area contributed by atoms with E-state index < -0.39 is 0 Å². The van der Waals surface area contributed by atoms with Gasteiger partial charge >= 0.3 is 0 Å². The summed E-state index contributed by atoms with van der Waals surface area (Å²) < 4.78 is 16.1. The van der Waals surface area contributed by atoms with Crippen LogP contribution in [0.5, 0.6) is 0 Å². The molecule has 0 aliphatic carbocycles. The third-order valence-electron chi connectivity index (χ3n) is 5.50. The molecule has 1 radical (unpaired) electrons. The molecule has 0 spiro atoms. The Labute approximate surface area is 183 Å². The van der Waals surface area contributed by atoms with Crippen LogP contribution in [0, 0.1) is 6.61 Å². The van der Waals surface area contributed by atoms with Crippen molar-refractivity contribution in [3.05, 3.63) is 6.61 Å². The summed E-state index contributed by atoms with van der Waals surface area (Å²) in [4.78, 5) is 0. The van der Waals surface area contributed by atoms with Gasteiger partial charge in [0.25, 0.3) is 0 Å². The van der Waals surface area contributed by atoms with E-state index in [1.54, 1.807) is 6.61 Å². The second kappa shape index (κ2) is 27.9. The van der Waals surface area contributed by atoms with E-state index in [1.165, 1.54) is 109 Å². The Morgan fingerprint density at radius 1 is 0.448 bits per heavy atom. The molecule has 3 heteroatoms. The SMILES string of the molecule is CCCCCCCCCCCCCCCCCCCCO[CH]COCCOCC. The van der Waals surface area contributed by atoms with Gasteiger partial charge in [-0.15, -0.1) is 0 Å². The van der Waals surface area contributed by atoms with E-state index in [1.807, 2.05) is 6.92 Å². The topological polar surface area (TPSA) is 27.7 Å². The van der Waals surface area contributed by atoms with Crippen molar-refractivity contribution < 1.29 is 14.2 Å². The van der Waals surface area contributed by atoms with Gasteiger partial charge in [-0.1, -0.05) is 116 Å². The third kappa shape index (κ3) is 27.9. The molecular formula is C26H53O3. The molecule has 0 unspecified atom stereocenters. The van der Waals surface area contributed by atoms with Gasteiger partial charge in [0.05, 0.1) is 19.8 Å². The molecule has 0 amide bonds. The second-order valence-electron chi connectivity index (χ2n) is 8.32. The quantitative estimate of drug-likeness (QED) is 0.134. The van der Waals surface area contributed by atoms with Gasteiger partial charge in [0.2, 0.25) is 0 Å². The van der Waals surface area contributed by atoms with Crippen LogP contribution in [0.15, 0.2) is 0 Å². The Kier molecular flexibility index (Phi) is 27.8. The molecule has 29 heavy (non-hydrogen) atoms. The Hall–Kier alpha value is -0.120. The van der Waals surface area contributed by atoms with E-state index in [9.17, 15) is 0 Å². The fourth-order valence-corrected chi connectivity index (χ4v) is 3.61. The van der Waals surface area contributed by atoms with E-state index in [-0.39, 0.29) is 0 Å². The fraction of sp³-hybridized carbons (Fsp3) is 0.962. The Balaban J connectivity index is 2.97. The summed E-state index contributed by atoms with van der Waals surface area (Å²) in [5, 5.41) is 0.